The molecule has 42 heavy (non-hydrogen) atoms. The number of hydrogen-bond acceptors (Lipinski definition) is 7. The SMILES string of the molecule is COc1ccc(-c2oc(NC(=O)COC(=O)C3(c4ccc(F)cc4)CCCC3)c(C#N)c2-c2ccc(OC)cc2)cc1. The number of nitrogens with zero attached hydrogens (tertiary/aromatic N) is 1. The number of esters is 1. The average Bonchev–Trinajstić information content (AvgIpc) is 3.66. The molecular formula is C33H29FN2O6. The maximum Gasteiger partial charge on any atom is 0.317 e. The summed E-state index contributed by atoms with van der Waals surface area (Å²) in [7, 11) is 3.12. The van der Waals surface area contributed by atoms with Gasteiger partial charge in [0.1, 0.15) is 34.7 Å². The number of halogens is 1. The predicted molar refractivity (Wildman–Crippen MR) is 154 cm³/mol. The first-order valence-corrected chi connectivity index (χ1v) is 13.5. The summed E-state index contributed by atoms with van der Waals surface area (Å²) in [5, 5.41) is 12.7. The third-order valence-corrected chi connectivity index (χ3v) is 7.58. The number of benzene rings is 3. The van der Waals surface area contributed by atoms with Crippen LogP contribution in [-0.4, -0.2) is 32.7 Å². The minimum absolute atomic E-state index is 0.0655. The molecule has 0 bridgehead atoms. The van der Waals surface area contributed by atoms with E-state index in [2.05, 4.69) is 11.4 Å². The number of nitriles is 1. The zero-order valence-corrected chi connectivity index (χ0v) is 23.2. The summed E-state index contributed by atoms with van der Waals surface area (Å²) in [4.78, 5) is 26.3. The molecule has 214 valence electrons. The van der Waals surface area contributed by atoms with Crippen molar-refractivity contribution in [3.63, 3.8) is 0 Å². The van der Waals surface area contributed by atoms with Gasteiger partial charge >= 0.3 is 5.97 Å². The van der Waals surface area contributed by atoms with Gasteiger partial charge in [-0.1, -0.05) is 37.1 Å². The first-order chi connectivity index (χ1) is 20.4. The van der Waals surface area contributed by atoms with Gasteiger partial charge in [-0.2, -0.15) is 5.26 Å². The van der Waals surface area contributed by atoms with Crippen LogP contribution >= 0.6 is 0 Å². The second-order valence-electron chi connectivity index (χ2n) is 10.00. The predicted octanol–water partition coefficient (Wildman–Crippen LogP) is 6.64. The number of amides is 1. The quantitative estimate of drug-likeness (QED) is 0.226. The van der Waals surface area contributed by atoms with E-state index in [9.17, 15) is 19.2 Å². The van der Waals surface area contributed by atoms with E-state index in [-0.39, 0.29) is 11.4 Å². The highest BCUT2D eigenvalue weighted by atomic mass is 19.1. The van der Waals surface area contributed by atoms with Gasteiger partial charge in [0, 0.05) is 11.1 Å². The molecule has 0 aliphatic heterocycles. The van der Waals surface area contributed by atoms with Crippen LogP contribution in [0.1, 0.15) is 36.8 Å². The second kappa shape index (κ2) is 12.2. The lowest BCUT2D eigenvalue weighted by Gasteiger charge is -2.27. The Morgan fingerprint density at radius 3 is 2.02 bits per heavy atom. The molecule has 0 atom stereocenters. The maximum atomic E-state index is 13.5. The Bertz CT molecular complexity index is 1610. The average molecular weight is 569 g/mol. The summed E-state index contributed by atoms with van der Waals surface area (Å²) in [6.45, 7) is -0.580. The second-order valence-corrected chi connectivity index (χ2v) is 10.00. The Morgan fingerprint density at radius 1 is 0.905 bits per heavy atom. The van der Waals surface area contributed by atoms with Crippen LogP contribution in [0.25, 0.3) is 22.5 Å². The number of hydrogen-bond donors (Lipinski definition) is 1. The van der Waals surface area contributed by atoms with Crippen molar-refractivity contribution in [1.29, 1.82) is 5.26 Å². The fourth-order valence-corrected chi connectivity index (χ4v) is 5.39. The monoisotopic (exact) mass is 568 g/mol. The lowest BCUT2D eigenvalue weighted by Crippen LogP contribution is -2.36. The molecule has 1 fully saturated rings. The van der Waals surface area contributed by atoms with Crippen molar-refractivity contribution in [1.82, 2.24) is 0 Å². The molecular weight excluding hydrogens is 539 g/mol. The van der Waals surface area contributed by atoms with Gasteiger partial charge in [-0.15, -0.1) is 0 Å². The third-order valence-electron chi connectivity index (χ3n) is 7.58. The van der Waals surface area contributed by atoms with Crippen LogP contribution < -0.4 is 14.8 Å². The standard InChI is InChI=1S/C33H29FN2O6/c1-39-25-13-5-21(6-14-25)29-27(19-35)31(42-30(29)22-7-15-26(40-2)16-8-22)36-28(37)20-41-32(38)33(17-3-4-18-33)23-9-11-24(34)12-10-23/h5-16H,3-4,17-18,20H2,1-2H3,(H,36,37). The molecule has 1 aliphatic carbocycles. The number of methoxy groups -OCH3 is 2. The fourth-order valence-electron chi connectivity index (χ4n) is 5.39. The molecule has 1 heterocycles. The van der Waals surface area contributed by atoms with E-state index in [1.807, 2.05) is 0 Å². The van der Waals surface area contributed by atoms with E-state index in [0.717, 1.165) is 12.8 Å². The number of carbonyl (C=O) groups is 2. The maximum absolute atomic E-state index is 13.5. The number of nitrogens with one attached hydrogen (secondary N) is 1. The molecule has 0 saturated heterocycles. The van der Waals surface area contributed by atoms with Gasteiger partial charge in [-0.25, -0.2) is 4.39 Å². The molecule has 5 rings (SSSR count). The molecule has 1 aromatic heterocycles. The molecule has 9 heteroatoms. The number of ether oxygens (including phenoxy) is 3. The number of furan rings is 1. The van der Waals surface area contributed by atoms with Gasteiger partial charge in [0.15, 0.2) is 6.61 Å². The molecule has 1 amide bonds. The van der Waals surface area contributed by atoms with Gasteiger partial charge in [-0.3, -0.25) is 14.9 Å². The van der Waals surface area contributed by atoms with Crippen molar-refractivity contribution in [3.8, 4) is 40.0 Å². The zero-order valence-electron chi connectivity index (χ0n) is 23.2. The zero-order chi connectivity index (χ0) is 29.7. The summed E-state index contributed by atoms with van der Waals surface area (Å²) in [5.41, 5.74) is 1.67. The Morgan fingerprint density at radius 2 is 1.48 bits per heavy atom. The molecule has 1 saturated carbocycles. The highest BCUT2D eigenvalue weighted by Crippen LogP contribution is 2.43. The van der Waals surface area contributed by atoms with E-state index in [0.29, 0.717) is 52.4 Å². The van der Waals surface area contributed by atoms with Gasteiger partial charge in [0.25, 0.3) is 5.91 Å². The third kappa shape index (κ3) is 5.56. The number of rotatable bonds is 9. The molecule has 4 aromatic rings. The van der Waals surface area contributed by atoms with Crippen LogP contribution in [0, 0.1) is 17.1 Å². The van der Waals surface area contributed by atoms with Crippen molar-refractivity contribution >= 4 is 17.8 Å². The highest BCUT2D eigenvalue weighted by molar-refractivity contribution is 5.97. The molecule has 8 nitrogen and oxygen atoms in total. The Labute approximate surface area is 242 Å². The van der Waals surface area contributed by atoms with Crippen LogP contribution in [0.2, 0.25) is 0 Å². The van der Waals surface area contributed by atoms with Crippen molar-refractivity contribution in [2.24, 2.45) is 0 Å². The van der Waals surface area contributed by atoms with Crippen molar-refractivity contribution < 1.29 is 32.6 Å². The first-order valence-electron chi connectivity index (χ1n) is 13.5. The Hall–Kier alpha value is -5.10. The largest absolute Gasteiger partial charge is 0.497 e. The Kier molecular flexibility index (Phi) is 8.25. The van der Waals surface area contributed by atoms with E-state index in [4.69, 9.17) is 18.6 Å². The molecule has 3 aromatic carbocycles. The molecule has 0 unspecified atom stereocenters. The van der Waals surface area contributed by atoms with E-state index >= 15 is 0 Å². The van der Waals surface area contributed by atoms with Crippen LogP contribution in [-0.2, 0) is 19.7 Å². The lowest BCUT2D eigenvalue weighted by atomic mass is 9.79. The van der Waals surface area contributed by atoms with Crippen LogP contribution in [0.15, 0.2) is 77.2 Å². The summed E-state index contributed by atoms with van der Waals surface area (Å²) < 4.78 is 35.6. The Balaban J connectivity index is 1.41. The topological polar surface area (TPSA) is 111 Å². The van der Waals surface area contributed by atoms with Crippen molar-refractivity contribution in [3.05, 3.63) is 89.7 Å². The van der Waals surface area contributed by atoms with E-state index in [1.54, 1.807) is 74.9 Å². The molecule has 1 aliphatic rings. The highest BCUT2D eigenvalue weighted by Gasteiger charge is 2.44. The van der Waals surface area contributed by atoms with Gasteiger partial charge in [0.05, 0.1) is 19.6 Å². The minimum Gasteiger partial charge on any atom is -0.497 e. The van der Waals surface area contributed by atoms with Crippen LogP contribution in [0.4, 0.5) is 10.3 Å². The molecule has 0 spiro atoms. The summed E-state index contributed by atoms with van der Waals surface area (Å²) in [6, 6.07) is 22.2. The van der Waals surface area contributed by atoms with E-state index in [1.165, 1.54) is 12.1 Å². The number of carbonyl (C=O) groups excluding carboxylic acids is 2. The van der Waals surface area contributed by atoms with Gasteiger partial charge in [0.2, 0.25) is 5.88 Å². The molecule has 0 radical (unpaired) electrons. The van der Waals surface area contributed by atoms with Gasteiger partial charge < -0.3 is 18.6 Å². The molecule has 1 N–H and O–H groups in total. The van der Waals surface area contributed by atoms with Crippen LogP contribution in [0.3, 0.4) is 0 Å². The van der Waals surface area contributed by atoms with Crippen LogP contribution in [0.5, 0.6) is 11.5 Å². The van der Waals surface area contributed by atoms with Crippen molar-refractivity contribution in [2.75, 3.05) is 26.1 Å². The minimum atomic E-state index is -0.931. The first kappa shape index (κ1) is 28.4. The fraction of sp³-hybridized carbons (Fsp3) is 0.242. The normalized spacial score (nSPS) is 13.7. The van der Waals surface area contributed by atoms with Gasteiger partial charge in [-0.05, 0) is 72.5 Å². The number of anilines is 1. The smallest absolute Gasteiger partial charge is 0.317 e. The summed E-state index contributed by atoms with van der Waals surface area (Å²) in [6.07, 6.45) is 2.73. The lowest BCUT2D eigenvalue weighted by molar-refractivity contribution is -0.153. The summed E-state index contributed by atoms with van der Waals surface area (Å²) >= 11 is 0. The van der Waals surface area contributed by atoms with Crippen molar-refractivity contribution in [2.45, 2.75) is 31.1 Å². The summed E-state index contributed by atoms with van der Waals surface area (Å²) in [5.74, 6) is -0.00913. The van der Waals surface area contributed by atoms with E-state index < -0.39 is 29.7 Å².